The summed E-state index contributed by atoms with van der Waals surface area (Å²) in [5.74, 6) is -0.377. The van der Waals surface area contributed by atoms with Gasteiger partial charge in [-0.05, 0) is 52.9 Å². The molecule has 0 bridgehead atoms. The molecule has 4 aromatic rings. The molecule has 0 aliphatic carbocycles. The number of benzene rings is 3. The second-order valence-electron chi connectivity index (χ2n) is 10.3. The number of aromatic nitrogens is 1. The van der Waals surface area contributed by atoms with Crippen LogP contribution in [0, 0.1) is 11.7 Å². The molecular weight excluding hydrogens is 501 g/mol. The van der Waals surface area contributed by atoms with E-state index < -0.39 is 0 Å². The smallest absolute Gasteiger partial charge is 0.247 e. The number of hydrogen-bond acceptors (Lipinski definition) is 2. The average Bonchev–Trinajstić information content (AvgIpc) is 3.39. The minimum atomic E-state index is -0.268. The molecule has 0 fully saturated rings. The lowest BCUT2D eigenvalue weighted by Crippen LogP contribution is -2.43. The van der Waals surface area contributed by atoms with Gasteiger partial charge < -0.3 is 14.4 Å². The zero-order valence-electron chi connectivity index (χ0n) is 23.1. The summed E-state index contributed by atoms with van der Waals surface area (Å²) in [5, 5.41) is 0. The van der Waals surface area contributed by atoms with Gasteiger partial charge in [-0.15, -0.1) is 0 Å². The molecule has 0 aliphatic heterocycles. The largest absolute Gasteiger partial charge is 0.345 e. The molecule has 2 amide bonds. The molecule has 5 nitrogen and oxygen atoms in total. The van der Waals surface area contributed by atoms with Crippen LogP contribution in [0.25, 0.3) is 6.08 Å². The fourth-order valence-corrected chi connectivity index (χ4v) is 4.54. The number of hydrogen-bond donors (Lipinski definition) is 0. The normalized spacial score (nSPS) is 11.2. The Balaban J connectivity index is 1.53. The Morgan fingerprint density at radius 1 is 0.800 bits per heavy atom. The maximum absolute atomic E-state index is 13.8. The number of carbonyl (C=O) groups is 2. The van der Waals surface area contributed by atoms with Crippen molar-refractivity contribution in [3.05, 3.63) is 138 Å². The molecule has 3 aromatic carbocycles. The van der Waals surface area contributed by atoms with Crippen LogP contribution in [0.3, 0.4) is 0 Å². The minimum absolute atomic E-state index is 0.0123. The van der Waals surface area contributed by atoms with Gasteiger partial charge in [-0.2, -0.15) is 0 Å². The first kappa shape index (κ1) is 28.6. The van der Waals surface area contributed by atoms with Crippen molar-refractivity contribution in [3.8, 4) is 0 Å². The number of amides is 2. The van der Waals surface area contributed by atoms with Crippen molar-refractivity contribution < 1.29 is 14.0 Å². The predicted octanol–water partition coefficient (Wildman–Crippen LogP) is 6.40. The molecule has 0 spiro atoms. The van der Waals surface area contributed by atoms with E-state index in [2.05, 4.69) is 4.57 Å². The number of halogens is 1. The van der Waals surface area contributed by atoms with Crippen molar-refractivity contribution in [2.45, 2.75) is 33.5 Å². The highest BCUT2D eigenvalue weighted by Crippen LogP contribution is 2.15. The third-order valence-electron chi connectivity index (χ3n) is 6.55. The average molecular weight is 538 g/mol. The van der Waals surface area contributed by atoms with E-state index in [1.54, 1.807) is 34.1 Å². The van der Waals surface area contributed by atoms with Crippen molar-refractivity contribution in [1.82, 2.24) is 14.4 Å². The Morgan fingerprint density at radius 2 is 1.48 bits per heavy atom. The fraction of sp³-hybridized carbons (Fsp3) is 0.235. The van der Waals surface area contributed by atoms with E-state index in [0.29, 0.717) is 26.2 Å². The quantitative estimate of drug-likeness (QED) is 0.196. The molecule has 0 atom stereocenters. The maximum Gasteiger partial charge on any atom is 0.247 e. The van der Waals surface area contributed by atoms with Crippen LogP contribution in [0.1, 0.15) is 36.2 Å². The first-order valence-corrected chi connectivity index (χ1v) is 13.6. The molecule has 0 unspecified atom stereocenters. The van der Waals surface area contributed by atoms with E-state index in [9.17, 15) is 14.0 Å². The van der Waals surface area contributed by atoms with Gasteiger partial charge in [-0.3, -0.25) is 9.59 Å². The lowest BCUT2D eigenvalue weighted by Gasteiger charge is -2.28. The first-order valence-electron chi connectivity index (χ1n) is 13.6. The third-order valence-corrected chi connectivity index (χ3v) is 6.55. The van der Waals surface area contributed by atoms with Gasteiger partial charge in [0, 0.05) is 37.6 Å². The third kappa shape index (κ3) is 8.53. The van der Waals surface area contributed by atoms with Crippen LogP contribution in [0.15, 0.2) is 109 Å². The van der Waals surface area contributed by atoms with Gasteiger partial charge in [-0.25, -0.2) is 4.39 Å². The molecular formula is C34H36FN3O2. The summed E-state index contributed by atoms with van der Waals surface area (Å²) in [6, 6.07) is 29.9. The molecule has 40 heavy (non-hydrogen) atoms. The maximum atomic E-state index is 13.8. The van der Waals surface area contributed by atoms with E-state index in [0.717, 1.165) is 22.4 Å². The molecule has 206 valence electrons. The summed E-state index contributed by atoms with van der Waals surface area (Å²) in [6.07, 6.45) is 5.29. The summed E-state index contributed by atoms with van der Waals surface area (Å²) in [4.78, 5) is 30.4. The monoisotopic (exact) mass is 537 g/mol. The molecule has 0 saturated carbocycles. The highest BCUT2D eigenvalue weighted by molar-refractivity contribution is 5.94. The van der Waals surface area contributed by atoms with Crippen molar-refractivity contribution in [2.24, 2.45) is 5.92 Å². The first-order chi connectivity index (χ1) is 19.4. The van der Waals surface area contributed by atoms with Crippen molar-refractivity contribution in [3.63, 3.8) is 0 Å². The van der Waals surface area contributed by atoms with Gasteiger partial charge in [0.05, 0.1) is 6.54 Å². The standard InChI is InChI=1S/C34H36FN3O2/c1-27(2)22-37(33(39)20-17-28-10-5-3-6-11-28)26-34(40)38(24-29-12-7-4-8-13-29)25-32-14-9-21-36(32)23-30-15-18-31(35)19-16-30/h3-21,27H,22-26H2,1-2H3. The lowest BCUT2D eigenvalue weighted by atomic mass is 10.1. The molecule has 4 rings (SSSR count). The van der Waals surface area contributed by atoms with Crippen LogP contribution < -0.4 is 0 Å². The Hall–Kier alpha value is -4.45. The van der Waals surface area contributed by atoms with Gasteiger partial charge in [0.2, 0.25) is 11.8 Å². The molecule has 0 saturated heterocycles. The molecule has 0 N–H and O–H groups in total. The van der Waals surface area contributed by atoms with Crippen LogP contribution >= 0.6 is 0 Å². The van der Waals surface area contributed by atoms with Crippen LogP contribution in [0.4, 0.5) is 4.39 Å². The van der Waals surface area contributed by atoms with Gasteiger partial charge in [0.15, 0.2) is 0 Å². The summed E-state index contributed by atoms with van der Waals surface area (Å²) in [5.41, 5.74) is 3.87. The van der Waals surface area contributed by atoms with Crippen LogP contribution in [0.5, 0.6) is 0 Å². The summed E-state index contributed by atoms with van der Waals surface area (Å²) in [6.45, 7) is 5.91. The van der Waals surface area contributed by atoms with Crippen LogP contribution in [0.2, 0.25) is 0 Å². The van der Waals surface area contributed by atoms with E-state index in [4.69, 9.17) is 0 Å². The fourth-order valence-electron chi connectivity index (χ4n) is 4.54. The van der Waals surface area contributed by atoms with E-state index in [-0.39, 0.29) is 30.1 Å². The Labute approximate surface area is 236 Å². The second kappa shape index (κ2) is 14.1. The van der Waals surface area contributed by atoms with Crippen LogP contribution in [-0.2, 0) is 29.2 Å². The molecule has 1 heterocycles. The number of nitrogens with zero attached hydrogens (tertiary/aromatic N) is 3. The summed E-state index contributed by atoms with van der Waals surface area (Å²) < 4.78 is 15.5. The zero-order chi connectivity index (χ0) is 28.3. The van der Waals surface area contributed by atoms with Crippen molar-refractivity contribution in [2.75, 3.05) is 13.1 Å². The number of rotatable bonds is 12. The molecule has 6 heteroatoms. The SMILES string of the molecule is CC(C)CN(CC(=O)N(Cc1ccccc1)Cc1cccn1Cc1ccc(F)cc1)C(=O)C=Cc1ccccc1. The highest BCUT2D eigenvalue weighted by Gasteiger charge is 2.22. The van der Waals surface area contributed by atoms with Gasteiger partial charge in [0.25, 0.3) is 0 Å². The topological polar surface area (TPSA) is 45.6 Å². The second-order valence-corrected chi connectivity index (χ2v) is 10.3. The summed E-state index contributed by atoms with van der Waals surface area (Å²) in [7, 11) is 0. The van der Waals surface area contributed by atoms with Gasteiger partial charge in [0.1, 0.15) is 12.4 Å². The Bertz CT molecular complexity index is 1400. The van der Waals surface area contributed by atoms with E-state index >= 15 is 0 Å². The van der Waals surface area contributed by atoms with Crippen molar-refractivity contribution >= 4 is 17.9 Å². The van der Waals surface area contributed by atoms with E-state index in [1.807, 2.05) is 92.8 Å². The number of carbonyl (C=O) groups excluding carboxylic acids is 2. The minimum Gasteiger partial charge on any atom is -0.345 e. The van der Waals surface area contributed by atoms with E-state index in [1.165, 1.54) is 12.1 Å². The lowest BCUT2D eigenvalue weighted by molar-refractivity contribution is -0.139. The molecule has 0 aliphatic rings. The Morgan fingerprint density at radius 3 is 2.15 bits per heavy atom. The highest BCUT2D eigenvalue weighted by atomic mass is 19.1. The molecule has 1 aromatic heterocycles. The predicted molar refractivity (Wildman–Crippen MR) is 158 cm³/mol. The zero-order valence-corrected chi connectivity index (χ0v) is 23.1. The van der Waals surface area contributed by atoms with Gasteiger partial charge >= 0.3 is 0 Å². The summed E-state index contributed by atoms with van der Waals surface area (Å²) >= 11 is 0. The Kier molecular flexibility index (Phi) is 10.1. The van der Waals surface area contributed by atoms with Crippen LogP contribution in [-0.4, -0.2) is 39.3 Å². The van der Waals surface area contributed by atoms with Crippen molar-refractivity contribution in [1.29, 1.82) is 0 Å². The molecule has 0 radical (unpaired) electrons. The van der Waals surface area contributed by atoms with Gasteiger partial charge in [-0.1, -0.05) is 86.6 Å².